The summed E-state index contributed by atoms with van der Waals surface area (Å²) in [5.74, 6) is 0. The smallest absolute Gasteiger partial charge is 0.0642 e. The maximum Gasteiger partial charge on any atom is 0.0642 e. The quantitative estimate of drug-likeness (QED) is 0.684. The number of hydrogen-bond donors (Lipinski definition) is 0. The Morgan fingerprint density at radius 2 is 2.14 bits per heavy atom. The molecule has 0 radical (unpaired) electrons. The molecule has 2 heterocycles. The van der Waals surface area contributed by atoms with Gasteiger partial charge in [0.15, 0.2) is 0 Å². The first-order valence-corrected chi connectivity index (χ1v) is 5.73. The van der Waals surface area contributed by atoms with Crippen LogP contribution in [0.15, 0.2) is 22.6 Å². The summed E-state index contributed by atoms with van der Waals surface area (Å²) in [4.78, 5) is 3.56. The van der Waals surface area contributed by atoms with Crippen LogP contribution in [0.25, 0.3) is 0 Å². The van der Waals surface area contributed by atoms with Crippen LogP contribution in [0.4, 0.5) is 0 Å². The van der Waals surface area contributed by atoms with E-state index < -0.39 is 0 Å². The van der Waals surface area contributed by atoms with E-state index in [0.29, 0.717) is 0 Å². The number of hydrazone groups is 1. The fourth-order valence-corrected chi connectivity index (χ4v) is 1.99. The Labute approximate surface area is 88.6 Å². The Morgan fingerprint density at radius 3 is 2.79 bits per heavy atom. The van der Waals surface area contributed by atoms with Gasteiger partial charge in [0.2, 0.25) is 0 Å². The normalized spacial score (nSPS) is 19.4. The zero-order valence-corrected chi connectivity index (χ0v) is 9.20. The number of likely N-dealkylation sites (N-methyl/N-ethyl adjacent to an activating group) is 1. The van der Waals surface area contributed by atoms with Gasteiger partial charge in [0, 0.05) is 31.1 Å². The molecule has 2 rings (SSSR count). The molecule has 0 N–H and O–H groups in total. The summed E-state index contributed by atoms with van der Waals surface area (Å²) in [6, 6.07) is 4.14. The topological polar surface area (TPSA) is 18.8 Å². The number of rotatable bonds is 2. The van der Waals surface area contributed by atoms with Gasteiger partial charge in [-0.25, -0.2) is 0 Å². The Balaban J connectivity index is 1.86. The van der Waals surface area contributed by atoms with E-state index in [1.54, 1.807) is 11.3 Å². The van der Waals surface area contributed by atoms with Crippen LogP contribution in [0.3, 0.4) is 0 Å². The molecule has 1 aromatic heterocycles. The van der Waals surface area contributed by atoms with E-state index in [1.807, 2.05) is 6.21 Å². The summed E-state index contributed by atoms with van der Waals surface area (Å²) in [5.41, 5.74) is 0. The second kappa shape index (κ2) is 4.57. The minimum absolute atomic E-state index is 1.04. The number of piperazine rings is 1. The van der Waals surface area contributed by atoms with Crippen molar-refractivity contribution in [3.63, 3.8) is 0 Å². The average Bonchev–Trinajstić information content (AvgIpc) is 2.70. The van der Waals surface area contributed by atoms with Crippen LogP contribution < -0.4 is 0 Å². The molecule has 0 bridgehead atoms. The largest absolute Gasteiger partial charge is 0.303 e. The molecule has 14 heavy (non-hydrogen) atoms. The van der Waals surface area contributed by atoms with E-state index in [-0.39, 0.29) is 0 Å². The predicted molar refractivity (Wildman–Crippen MR) is 61.0 cm³/mol. The lowest BCUT2D eigenvalue weighted by Crippen LogP contribution is -2.41. The lowest BCUT2D eigenvalue weighted by atomic mass is 10.4. The van der Waals surface area contributed by atoms with Gasteiger partial charge in [-0.3, -0.25) is 5.01 Å². The standard InChI is InChI=1S/C10H15N3S/c1-12-4-6-13(7-5-12)11-9-10-3-2-8-14-10/h2-3,8-9H,4-7H2,1H3/b11-9+. The average molecular weight is 209 g/mol. The molecule has 1 aliphatic rings. The SMILES string of the molecule is CN1CCN(/N=C/c2cccs2)CC1. The third kappa shape index (κ3) is 2.56. The van der Waals surface area contributed by atoms with Crippen LogP contribution in [0, 0.1) is 0 Å². The molecule has 3 nitrogen and oxygen atoms in total. The van der Waals surface area contributed by atoms with Gasteiger partial charge in [-0.05, 0) is 18.5 Å². The van der Waals surface area contributed by atoms with Crippen molar-refractivity contribution in [1.82, 2.24) is 9.91 Å². The first-order chi connectivity index (χ1) is 6.84. The van der Waals surface area contributed by atoms with Gasteiger partial charge in [-0.2, -0.15) is 5.10 Å². The molecule has 0 spiro atoms. The molecule has 76 valence electrons. The van der Waals surface area contributed by atoms with Crippen LogP contribution in [-0.4, -0.2) is 49.4 Å². The Kier molecular flexibility index (Phi) is 3.16. The summed E-state index contributed by atoms with van der Waals surface area (Å²) in [7, 11) is 2.15. The van der Waals surface area contributed by atoms with Gasteiger partial charge in [0.1, 0.15) is 0 Å². The highest BCUT2D eigenvalue weighted by Gasteiger charge is 2.10. The second-order valence-corrected chi connectivity index (χ2v) is 4.50. The van der Waals surface area contributed by atoms with Gasteiger partial charge in [-0.15, -0.1) is 11.3 Å². The third-order valence-corrected chi connectivity index (χ3v) is 3.18. The van der Waals surface area contributed by atoms with Gasteiger partial charge in [0.25, 0.3) is 0 Å². The van der Waals surface area contributed by atoms with E-state index in [0.717, 1.165) is 26.2 Å². The van der Waals surface area contributed by atoms with Crippen LogP contribution in [0.5, 0.6) is 0 Å². The summed E-state index contributed by atoms with van der Waals surface area (Å²) in [6.45, 7) is 4.31. The maximum atomic E-state index is 4.45. The van der Waals surface area contributed by atoms with Crippen LogP contribution in [-0.2, 0) is 0 Å². The number of thiophene rings is 1. The molecule has 0 aromatic carbocycles. The minimum atomic E-state index is 1.04. The van der Waals surface area contributed by atoms with Gasteiger partial charge in [0.05, 0.1) is 6.21 Å². The Bertz CT molecular complexity index is 286. The van der Waals surface area contributed by atoms with Gasteiger partial charge >= 0.3 is 0 Å². The van der Waals surface area contributed by atoms with Crippen molar-refractivity contribution in [2.45, 2.75) is 0 Å². The van der Waals surface area contributed by atoms with Crippen molar-refractivity contribution in [2.75, 3.05) is 33.2 Å². The van der Waals surface area contributed by atoms with E-state index >= 15 is 0 Å². The first kappa shape index (κ1) is 9.68. The van der Waals surface area contributed by atoms with Gasteiger partial charge in [-0.1, -0.05) is 6.07 Å². The van der Waals surface area contributed by atoms with Crippen molar-refractivity contribution in [1.29, 1.82) is 0 Å². The molecule has 0 aliphatic carbocycles. The zero-order chi connectivity index (χ0) is 9.80. The van der Waals surface area contributed by atoms with E-state index in [9.17, 15) is 0 Å². The van der Waals surface area contributed by atoms with E-state index in [4.69, 9.17) is 0 Å². The summed E-state index contributed by atoms with van der Waals surface area (Å²) in [5, 5.41) is 8.67. The molecule has 1 aliphatic heterocycles. The molecule has 0 amide bonds. The molecule has 4 heteroatoms. The highest BCUT2D eigenvalue weighted by molar-refractivity contribution is 7.11. The van der Waals surface area contributed by atoms with Crippen molar-refractivity contribution in [3.05, 3.63) is 22.4 Å². The van der Waals surface area contributed by atoms with Crippen molar-refractivity contribution < 1.29 is 0 Å². The molecule has 1 saturated heterocycles. The monoisotopic (exact) mass is 209 g/mol. The highest BCUT2D eigenvalue weighted by Crippen LogP contribution is 2.06. The first-order valence-electron chi connectivity index (χ1n) is 4.85. The van der Waals surface area contributed by atoms with Crippen molar-refractivity contribution >= 4 is 17.6 Å². The van der Waals surface area contributed by atoms with Crippen molar-refractivity contribution in [3.8, 4) is 0 Å². The fraction of sp³-hybridized carbons (Fsp3) is 0.500. The van der Waals surface area contributed by atoms with E-state index in [1.165, 1.54) is 4.88 Å². The van der Waals surface area contributed by atoms with E-state index in [2.05, 4.69) is 39.6 Å². The Morgan fingerprint density at radius 1 is 1.36 bits per heavy atom. The summed E-state index contributed by atoms with van der Waals surface area (Å²) >= 11 is 1.73. The molecular formula is C10H15N3S. The predicted octanol–water partition coefficient (Wildman–Crippen LogP) is 1.33. The van der Waals surface area contributed by atoms with Crippen LogP contribution in [0.2, 0.25) is 0 Å². The molecule has 0 atom stereocenters. The van der Waals surface area contributed by atoms with Gasteiger partial charge < -0.3 is 4.90 Å². The van der Waals surface area contributed by atoms with Crippen LogP contribution in [0.1, 0.15) is 4.88 Å². The molecule has 0 saturated carbocycles. The maximum absolute atomic E-state index is 4.45. The second-order valence-electron chi connectivity index (χ2n) is 3.52. The molecule has 1 fully saturated rings. The molecule has 1 aromatic rings. The minimum Gasteiger partial charge on any atom is -0.303 e. The highest BCUT2D eigenvalue weighted by atomic mass is 32.1. The summed E-state index contributed by atoms with van der Waals surface area (Å²) in [6.07, 6.45) is 1.95. The number of hydrogen-bond acceptors (Lipinski definition) is 4. The summed E-state index contributed by atoms with van der Waals surface area (Å²) < 4.78 is 0. The fourth-order valence-electron chi connectivity index (χ4n) is 1.41. The van der Waals surface area contributed by atoms with Crippen molar-refractivity contribution in [2.24, 2.45) is 5.10 Å². The van der Waals surface area contributed by atoms with Crippen LogP contribution >= 0.6 is 11.3 Å². The molecular weight excluding hydrogens is 194 g/mol. The zero-order valence-electron chi connectivity index (χ0n) is 8.39. The lowest BCUT2D eigenvalue weighted by Gasteiger charge is -2.30. The third-order valence-electron chi connectivity index (χ3n) is 2.37. The lowest BCUT2D eigenvalue weighted by molar-refractivity contribution is 0.159. The number of nitrogens with zero attached hydrogens (tertiary/aromatic N) is 3. The Hall–Kier alpha value is -0.870. The molecule has 0 unspecified atom stereocenters.